The molecule has 0 aliphatic carbocycles. The van der Waals surface area contributed by atoms with E-state index in [0.29, 0.717) is 6.61 Å². The van der Waals surface area contributed by atoms with Crippen LogP contribution in [0.2, 0.25) is 0 Å². The van der Waals surface area contributed by atoms with E-state index in [1.807, 2.05) is 20.8 Å². The van der Waals surface area contributed by atoms with Gasteiger partial charge in [-0.05, 0) is 32.9 Å². The van der Waals surface area contributed by atoms with Crippen molar-refractivity contribution in [1.29, 1.82) is 0 Å². The van der Waals surface area contributed by atoms with Crippen LogP contribution < -0.4 is 0 Å². The quantitative estimate of drug-likeness (QED) is 0.626. The predicted octanol–water partition coefficient (Wildman–Crippen LogP) is 2.06. The third kappa shape index (κ3) is 3.33. The van der Waals surface area contributed by atoms with Crippen molar-refractivity contribution < 1.29 is 22.4 Å². The van der Waals surface area contributed by atoms with Crippen LogP contribution in [-0.2, 0) is 24.1 Å². The normalized spacial score (nSPS) is 22.6. The molecule has 0 amide bonds. The van der Waals surface area contributed by atoms with Gasteiger partial charge in [0.25, 0.3) is 10.1 Å². The molecule has 0 aromatic heterocycles. The average Bonchev–Trinajstić information content (AvgIpc) is 2.66. The van der Waals surface area contributed by atoms with Crippen LogP contribution in [-0.4, -0.2) is 27.2 Å². The summed E-state index contributed by atoms with van der Waals surface area (Å²) in [6, 6.07) is 6.55. The predicted molar refractivity (Wildman–Crippen MR) is 68.9 cm³/mol. The number of benzene rings is 1. The van der Waals surface area contributed by atoms with Gasteiger partial charge in [-0.3, -0.25) is 4.18 Å². The Bertz CT molecular complexity index is 533. The summed E-state index contributed by atoms with van der Waals surface area (Å²) in [6.07, 6.45) is 0. The molecule has 1 saturated heterocycles. The first-order valence-corrected chi connectivity index (χ1v) is 7.49. The van der Waals surface area contributed by atoms with E-state index in [0.717, 1.165) is 5.56 Å². The van der Waals surface area contributed by atoms with Crippen molar-refractivity contribution >= 4 is 10.1 Å². The van der Waals surface area contributed by atoms with Crippen LogP contribution in [0, 0.1) is 12.8 Å². The van der Waals surface area contributed by atoms with Gasteiger partial charge in [0, 0.05) is 5.92 Å². The Morgan fingerprint density at radius 2 is 1.95 bits per heavy atom. The van der Waals surface area contributed by atoms with E-state index in [1.54, 1.807) is 12.1 Å². The molecule has 1 fully saturated rings. The number of hydrogen-bond acceptors (Lipinski definition) is 5. The van der Waals surface area contributed by atoms with Gasteiger partial charge in [0.1, 0.15) is 5.60 Å². The van der Waals surface area contributed by atoms with Gasteiger partial charge in [0.2, 0.25) is 0 Å². The van der Waals surface area contributed by atoms with Crippen molar-refractivity contribution in [3.8, 4) is 0 Å². The van der Waals surface area contributed by atoms with Crippen LogP contribution in [0.25, 0.3) is 0 Å². The lowest BCUT2D eigenvalue weighted by Crippen LogP contribution is -2.32. The summed E-state index contributed by atoms with van der Waals surface area (Å²) in [6.45, 7) is 5.95. The standard InChI is InChI=1S/C13H18O5S/c1-10-4-6-12(7-5-10)19(14,15)17-9-11-8-16-18-13(11,2)3/h4-7,11H,8-9H2,1-3H3. The molecule has 1 aromatic rings. The van der Waals surface area contributed by atoms with Crippen LogP contribution in [0.3, 0.4) is 0 Å². The Labute approximate surface area is 113 Å². The van der Waals surface area contributed by atoms with E-state index in [-0.39, 0.29) is 17.4 Å². The maximum Gasteiger partial charge on any atom is 0.296 e. The second-order valence-electron chi connectivity index (χ2n) is 5.22. The van der Waals surface area contributed by atoms with Crippen molar-refractivity contribution in [3.63, 3.8) is 0 Å². The lowest BCUT2D eigenvalue weighted by atomic mass is 9.94. The summed E-state index contributed by atoms with van der Waals surface area (Å²) in [7, 11) is -3.73. The van der Waals surface area contributed by atoms with Gasteiger partial charge in [0.05, 0.1) is 18.1 Å². The maximum atomic E-state index is 12.0. The highest BCUT2D eigenvalue weighted by Gasteiger charge is 2.39. The summed E-state index contributed by atoms with van der Waals surface area (Å²) >= 11 is 0. The number of aryl methyl sites for hydroxylation is 1. The summed E-state index contributed by atoms with van der Waals surface area (Å²) in [5.74, 6) is -0.118. The smallest absolute Gasteiger partial charge is 0.266 e. The molecule has 0 bridgehead atoms. The summed E-state index contributed by atoms with van der Waals surface area (Å²) in [5, 5.41) is 0. The highest BCUT2D eigenvalue weighted by molar-refractivity contribution is 7.86. The van der Waals surface area contributed by atoms with Crippen molar-refractivity contribution in [2.75, 3.05) is 13.2 Å². The molecule has 0 N–H and O–H groups in total. The van der Waals surface area contributed by atoms with Crippen molar-refractivity contribution in [2.24, 2.45) is 5.92 Å². The highest BCUT2D eigenvalue weighted by atomic mass is 32.2. The second-order valence-corrected chi connectivity index (χ2v) is 6.84. The molecule has 1 unspecified atom stereocenters. The largest absolute Gasteiger partial charge is 0.296 e. The molecular weight excluding hydrogens is 268 g/mol. The third-order valence-electron chi connectivity index (χ3n) is 3.26. The van der Waals surface area contributed by atoms with Crippen molar-refractivity contribution in [3.05, 3.63) is 29.8 Å². The minimum atomic E-state index is -3.73. The fourth-order valence-corrected chi connectivity index (χ4v) is 2.68. The first kappa shape index (κ1) is 14.5. The first-order valence-electron chi connectivity index (χ1n) is 6.08. The Kier molecular flexibility index (Phi) is 3.96. The number of hydrogen-bond donors (Lipinski definition) is 0. The molecule has 1 aliphatic rings. The second kappa shape index (κ2) is 5.20. The van der Waals surface area contributed by atoms with Gasteiger partial charge in [-0.15, -0.1) is 0 Å². The Balaban J connectivity index is 2.04. The van der Waals surface area contributed by atoms with Crippen molar-refractivity contribution in [2.45, 2.75) is 31.3 Å². The van der Waals surface area contributed by atoms with E-state index in [9.17, 15) is 8.42 Å². The lowest BCUT2D eigenvalue weighted by molar-refractivity contribution is -0.300. The van der Waals surface area contributed by atoms with Gasteiger partial charge in [0.15, 0.2) is 0 Å². The van der Waals surface area contributed by atoms with Gasteiger partial charge in [-0.2, -0.15) is 8.42 Å². The van der Waals surface area contributed by atoms with E-state index >= 15 is 0 Å². The highest BCUT2D eigenvalue weighted by Crippen LogP contribution is 2.29. The van der Waals surface area contributed by atoms with Crippen LogP contribution in [0.4, 0.5) is 0 Å². The van der Waals surface area contributed by atoms with E-state index in [2.05, 4.69) is 0 Å². The third-order valence-corrected chi connectivity index (χ3v) is 4.56. The summed E-state index contributed by atoms with van der Waals surface area (Å²) in [4.78, 5) is 10.1. The fraction of sp³-hybridized carbons (Fsp3) is 0.538. The summed E-state index contributed by atoms with van der Waals surface area (Å²) in [5.41, 5.74) is 0.459. The van der Waals surface area contributed by atoms with Gasteiger partial charge >= 0.3 is 0 Å². The van der Waals surface area contributed by atoms with Crippen LogP contribution in [0.15, 0.2) is 29.2 Å². The first-order chi connectivity index (χ1) is 8.81. The molecular formula is C13H18O5S. The average molecular weight is 286 g/mol. The molecule has 1 aromatic carbocycles. The van der Waals surface area contributed by atoms with Gasteiger partial charge in [-0.1, -0.05) is 17.7 Å². The van der Waals surface area contributed by atoms with E-state index < -0.39 is 15.7 Å². The molecule has 0 radical (unpaired) electrons. The minimum Gasteiger partial charge on any atom is -0.266 e. The molecule has 2 rings (SSSR count). The monoisotopic (exact) mass is 286 g/mol. The molecule has 0 spiro atoms. The zero-order chi connectivity index (χ0) is 14.1. The van der Waals surface area contributed by atoms with E-state index in [1.165, 1.54) is 12.1 Å². The zero-order valence-electron chi connectivity index (χ0n) is 11.3. The van der Waals surface area contributed by atoms with Crippen LogP contribution in [0.5, 0.6) is 0 Å². The fourth-order valence-electron chi connectivity index (χ4n) is 1.73. The molecule has 106 valence electrons. The van der Waals surface area contributed by atoms with Crippen molar-refractivity contribution in [1.82, 2.24) is 0 Å². The Morgan fingerprint density at radius 3 is 2.47 bits per heavy atom. The van der Waals surface area contributed by atoms with Crippen LogP contribution >= 0.6 is 0 Å². The maximum absolute atomic E-state index is 12.0. The lowest BCUT2D eigenvalue weighted by Gasteiger charge is -2.21. The molecule has 5 nitrogen and oxygen atoms in total. The summed E-state index contributed by atoms with van der Waals surface area (Å²) < 4.78 is 29.1. The SMILES string of the molecule is Cc1ccc(S(=O)(=O)OCC2COOC2(C)C)cc1. The molecule has 1 heterocycles. The topological polar surface area (TPSA) is 61.8 Å². The van der Waals surface area contributed by atoms with Gasteiger partial charge < -0.3 is 0 Å². The van der Waals surface area contributed by atoms with E-state index in [4.69, 9.17) is 14.0 Å². The Morgan fingerprint density at radius 1 is 1.32 bits per heavy atom. The number of rotatable bonds is 4. The Hall–Kier alpha value is -0.950. The zero-order valence-corrected chi connectivity index (χ0v) is 12.1. The molecule has 1 aliphatic heterocycles. The molecule has 19 heavy (non-hydrogen) atoms. The molecule has 6 heteroatoms. The molecule has 1 atom stereocenters. The minimum absolute atomic E-state index is 0.0449. The van der Waals surface area contributed by atoms with Crippen LogP contribution in [0.1, 0.15) is 19.4 Å². The van der Waals surface area contributed by atoms with Gasteiger partial charge in [-0.25, -0.2) is 9.78 Å². The molecule has 0 saturated carbocycles.